The fraction of sp³-hybridized carbons (Fsp3) is 0.630. The van der Waals surface area contributed by atoms with Gasteiger partial charge in [0.15, 0.2) is 0 Å². The summed E-state index contributed by atoms with van der Waals surface area (Å²) in [5, 5.41) is 0. The maximum Gasteiger partial charge on any atom is 0.278 e. The van der Waals surface area contributed by atoms with Crippen LogP contribution in [0.1, 0.15) is 71.8 Å². The molecule has 2 heterocycles. The molecule has 0 bridgehead atoms. The van der Waals surface area contributed by atoms with Gasteiger partial charge in [-0.15, -0.1) is 0 Å². The zero-order valence-electron chi connectivity index (χ0n) is 20.1. The van der Waals surface area contributed by atoms with Crippen molar-refractivity contribution in [1.29, 1.82) is 0 Å². The van der Waals surface area contributed by atoms with Gasteiger partial charge >= 0.3 is 0 Å². The Hall–Kier alpha value is -2.30. The average Bonchev–Trinajstić information content (AvgIpc) is 3.02. The molecule has 0 aromatic heterocycles. The van der Waals surface area contributed by atoms with Crippen LogP contribution in [-0.4, -0.2) is 47.4 Å². The van der Waals surface area contributed by atoms with E-state index in [0.29, 0.717) is 35.6 Å². The summed E-state index contributed by atoms with van der Waals surface area (Å²) in [6, 6.07) is 7.76. The maximum absolute atomic E-state index is 13.7. The van der Waals surface area contributed by atoms with E-state index in [0.717, 1.165) is 56.5 Å². The van der Waals surface area contributed by atoms with Crippen LogP contribution in [0.25, 0.3) is 5.57 Å². The molecule has 5 heteroatoms. The number of benzene rings is 1. The molecule has 1 aromatic rings. The van der Waals surface area contributed by atoms with Crippen molar-refractivity contribution in [1.82, 2.24) is 9.80 Å². The van der Waals surface area contributed by atoms with E-state index >= 15 is 0 Å². The van der Waals surface area contributed by atoms with E-state index in [-0.39, 0.29) is 17.9 Å². The normalized spacial score (nSPS) is 25.3. The highest BCUT2D eigenvalue weighted by Gasteiger charge is 2.45. The summed E-state index contributed by atoms with van der Waals surface area (Å²) in [7, 11) is 0. The predicted octanol–water partition coefficient (Wildman–Crippen LogP) is 5.11. The molecular formula is C27H38N2O3. The molecule has 2 fully saturated rings. The number of carbonyl (C=O) groups is 2. The predicted molar refractivity (Wildman–Crippen MR) is 127 cm³/mol. The number of nitrogens with zero attached hydrogens (tertiary/aromatic N) is 2. The van der Waals surface area contributed by atoms with Crippen LogP contribution in [0.5, 0.6) is 5.75 Å². The molecule has 1 saturated carbocycles. The Bertz CT molecular complexity index is 857. The van der Waals surface area contributed by atoms with Crippen molar-refractivity contribution < 1.29 is 14.3 Å². The topological polar surface area (TPSA) is 49.9 Å². The summed E-state index contributed by atoms with van der Waals surface area (Å²) in [6.45, 7) is 11.0. The fourth-order valence-corrected chi connectivity index (χ4v) is 5.59. The van der Waals surface area contributed by atoms with Gasteiger partial charge in [0.25, 0.3) is 11.8 Å². The molecule has 3 aliphatic rings. The minimum atomic E-state index is -0.112. The molecule has 32 heavy (non-hydrogen) atoms. The zero-order chi connectivity index (χ0) is 22.8. The van der Waals surface area contributed by atoms with Gasteiger partial charge in [0, 0.05) is 19.1 Å². The van der Waals surface area contributed by atoms with Crippen molar-refractivity contribution in [3.63, 3.8) is 0 Å². The fourth-order valence-electron chi connectivity index (χ4n) is 5.59. The van der Waals surface area contributed by atoms with Crippen LogP contribution >= 0.6 is 0 Å². The van der Waals surface area contributed by atoms with Crippen LogP contribution in [-0.2, 0) is 9.59 Å². The van der Waals surface area contributed by atoms with E-state index in [2.05, 4.69) is 32.6 Å². The Morgan fingerprint density at radius 2 is 1.56 bits per heavy atom. The van der Waals surface area contributed by atoms with Gasteiger partial charge < -0.3 is 9.64 Å². The first-order valence-corrected chi connectivity index (χ1v) is 12.5. The zero-order valence-corrected chi connectivity index (χ0v) is 20.1. The third-order valence-corrected chi connectivity index (χ3v) is 6.94. The number of amides is 2. The lowest BCUT2D eigenvalue weighted by atomic mass is 9.91. The smallest absolute Gasteiger partial charge is 0.278 e. The Balaban J connectivity index is 1.69. The molecule has 5 nitrogen and oxygen atoms in total. The van der Waals surface area contributed by atoms with Crippen LogP contribution in [0, 0.1) is 17.8 Å². The highest BCUT2D eigenvalue weighted by atomic mass is 16.5. The van der Waals surface area contributed by atoms with Gasteiger partial charge in [-0.3, -0.25) is 14.5 Å². The minimum absolute atomic E-state index is 0.0320. The number of carbonyl (C=O) groups excluding carboxylic acids is 2. The second kappa shape index (κ2) is 9.68. The number of ether oxygens (including phenoxy) is 1. The van der Waals surface area contributed by atoms with Gasteiger partial charge in [-0.2, -0.15) is 0 Å². The van der Waals surface area contributed by atoms with Gasteiger partial charge in [-0.05, 0) is 54.7 Å². The van der Waals surface area contributed by atoms with Crippen molar-refractivity contribution in [3.8, 4) is 5.75 Å². The second-order valence-electron chi connectivity index (χ2n) is 10.6. The Morgan fingerprint density at radius 1 is 0.938 bits per heavy atom. The molecule has 1 saturated heterocycles. The van der Waals surface area contributed by atoms with Gasteiger partial charge in [-0.1, -0.05) is 59.1 Å². The van der Waals surface area contributed by atoms with Crippen molar-refractivity contribution in [2.45, 2.75) is 72.3 Å². The average molecular weight is 439 g/mol. The lowest BCUT2D eigenvalue weighted by Gasteiger charge is -2.37. The standard InChI is InChI=1S/C27H38N2O3/c1-18(2)17-32-23-12-10-21(11-13-23)24-25(28-15-19(3)14-20(4)16-28)27(31)29(26(24)30)22-8-6-5-7-9-22/h10-13,18-20,22H,5-9,14-17H2,1-4H3. The van der Waals surface area contributed by atoms with E-state index in [1.54, 1.807) is 4.90 Å². The van der Waals surface area contributed by atoms with Crippen LogP contribution in [0.15, 0.2) is 30.0 Å². The number of imide groups is 1. The molecule has 1 aliphatic carbocycles. The molecule has 2 unspecified atom stereocenters. The molecule has 2 amide bonds. The van der Waals surface area contributed by atoms with Gasteiger partial charge in [0.05, 0.1) is 12.2 Å². The first-order chi connectivity index (χ1) is 15.3. The first-order valence-electron chi connectivity index (χ1n) is 12.5. The van der Waals surface area contributed by atoms with Gasteiger partial charge in [-0.25, -0.2) is 0 Å². The molecule has 174 valence electrons. The van der Waals surface area contributed by atoms with Crippen molar-refractivity contribution in [2.75, 3.05) is 19.7 Å². The molecular weight excluding hydrogens is 400 g/mol. The maximum atomic E-state index is 13.7. The van der Waals surface area contributed by atoms with Crippen molar-refractivity contribution >= 4 is 17.4 Å². The Labute approximate surface area is 192 Å². The lowest BCUT2D eigenvalue weighted by Crippen LogP contribution is -2.45. The first kappa shape index (κ1) is 22.9. The van der Waals surface area contributed by atoms with E-state index in [4.69, 9.17) is 4.74 Å². The molecule has 2 aliphatic heterocycles. The molecule has 2 atom stereocenters. The largest absolute Gasteiger partial charge is 0.493 e. The summed E-state index contributed by atoms with van der Waals surface area (Å²) in [5.74, 6) is 2.06. The SMILES string of the molecule is CC(C)COc1ccc(C2=C(N3CC(C)CC(C)C3)C(=O)N(C3CCCCC3)C2=O)cc1. The summed E-state index contributed by atoms with van der Waals surface area (Å²) in [5.41, 5.74) is 2.02. The minimum Gasteiger partial charge on any atom is -0.493 e. The number of likely N-dealkylation sites (tertiary alicyclic amines) is 1. The van der Waals surface area contributed by atoms with E-state index in [1.165, 1.54) is 6.42 Å². The van der Waals surface area contributed by atoms with Crippen molar-refractivity contribution in [3.05, 3.63) is 35.5 Å². The van der Waals surface area contributed by atoms with Gasteiger partial charge in [0.2, 0.25) is 0 Å². The third-order valence-electron chi connectivity index (χ3n) is 6.94. The number of hydrogen-bond donors (Lipinski definition) is 0. The highest BCUT2D eigenvalue weighted by Crippen LogP contribution is 2.38. The highest BCUT2D eigenvalue weighted by molar-refractivity contribution is 6.35. The van der Waals surface area contributed by atoms with Gasteiger partial charge in [0.1, 0.15) is 11.4 Å². The molecule has 0 N–H and O–H groups in total. The van der Waals surface area contributed by atoms with Crippen LogP contribution in [0.3, 0.4) is 0 Å². The Kier molecular flexibility index (Phi) is 6.92. The monoisotopic (exact) mass is 438 g/mol. The van der Waals surface area contributed by atoms with Crippen LogP contribution in [0.2, 0.25) is 0 Å². The quantitative estimate of drug-likeness (QED) is 0.579. The van der Waals surface area contributed by atoms with E-state index in [1.807, 2.05) is 24.3 Å². The number of hydrogen-bond acceptors (Lipinski definition) is 4. The summed E-state index contributed by atoms with van der Waals surface area (Å²) < 4.78 is 5.83. The van der Waals surface area contributed by atoms with E-state index < -0.39 is 0 Å². The van der Waals surface area contributed by atoms with Crippen LogP contribution in [0.4, 0.5) is 0 Å². The summed E-state index contributed by atoms with van der Waals surface area (Å²) in [6.07, 6.45) is 6.38. The number of piperidine rings is 1. The van der Waals surface area contributed by atoms with Crippen molar-refractivity contribution in [2.24, 2.45) is 17.8 Å². The lowest BCUT2D eigenvalue weighted by molar-refractivity contribution is -0.141. The summed E-state index contributed by atoms with van der Waals surface area (Å²) >= 11 is 0. The number of rotatable bonds is 6. The molecule has 0 spiro atoms. The van der Waals surface area contributed by atoms with E-state index in [9.17, 15) is 9.59 Å². The molecule has 4 rings (SSSR count). The Morgan fingerprint density at radius 3 is 2.16 bits per heavy atom. The second-order valence-corrected chi connectivity index (χ2v) is 10.6. The molecule has 0 radical (unpaired) electrons. The van der Waals surface area contributed by atoms with Crippen LogP contribution < -0.4 is 4.74 Å². The summed E-state index contributed by atoms with van der Waals surface area (Å²) in [4.78, 5) is 31.2. The molecule has 1 aromatic carbocycles. The third kappa shape index (κ3) is 4.72.